The second-order valence-corrected chi connectivity index (χ2v) is 6.77. The molecule has 0 fully saturated rings. The lowest BCUT2D eigenvalue weighted by Crippen LogP contribution is -2.05. The van der Waals surface area contributed by atoms with Crippen molar-refractivity contribution in [1.82, 2.24) is 9.55 Å². The molecule has 138 valence electrons. The first-order valence-corrected chi connectivity index (χ1v) is 9.46. The first-order chi connectivity index (χ1) is 12.2. The van der Waals surface area contributed by atoms with Gasteiger partial charge in [0.05, 0.1) is 23.9 Å². The number of halogens is 1. The number of hydrogen-bond donors (Lipinski definition) is 0. The van der Waals surface area contributed by atoms with E-state index in [4.69, 9.17) is 9.72 Å². The van der Waals surface area contributed by atoms with Crippen molar-refractivity contribution in [3.05, 3.63) is 54.1 Å². The number of imidazole rings is 1. The van der Waals surface area contributed by atoms with E-state index in [9.17, 15) is 4.79 Å². The van der Waals surface area contributed by atoms with Crippen molar-refractivity contribution in [1.29, 1.82) is 0 Å². The van der Waals surface area contributed by atoms with Crippen molar-refractivity contribution < 1.29 is 9.53 Å². The van der Waals surface area contributed by atoms with Gasteiger partial charge >= 0.3 is 0 Å². The van der Waals surface area contributed by atoms with Crippen LogP contribution in [-0.4, -0.2) is 28.2 Å². The van der Waals surface area contributed by atoms with Gasteiger partial charge in [0, 0.05) is 12.1 Å². The molecule has 0 unspecified atom stereocenters. The zero-order valence-corrected chi connectivity index (χ0v) is 17.5. The number of unbranched alkanes of at least 4 members (excludes halogenated alkanes) is 1. The molecular formula is C20H23BrN2O2S. The fourth-order valence-corrected chi connectivity index (χ4v) is 3.62. The number of rotatable bonds is 8. The van der Waals surface area contributed by atoms with E-state index in [0.29, 0.717) is 11.3 Å². The van der Waals surface area contributed by atoms with Gasteiger partial charge in [0.15, 0.2) is 10.9 Å². The van der Waals surface area contributed by atoms with Gasteiger partial charge in [-0.25, -0.2) is 4.98 Å². The molecule has 0 saturated heterocycles. The fourth-order valence-electron chi connectivity index (χ4n) is 2.69. The zero-order valence-electron chi connectivity index (χ0n) is 15.0. The van der Waals surface area contributed by atoms with Crippen LogP contribution < -0.4 is 4.74 Å². The number of benzene rings is 2. The number of ketones is 1. The topological polar surface area (TPSA) is 44.1 Å². The quantitative estimate of drug-likeness (QED) is 0.351. The number of aryl methyl sites for hydroxylation is 1. The molecule has 0 radical (unpaired) electrons. The number of ether oxygens (including phenoxy) is 1. The van der Waals surface area contributed by atoms with Crippen LogP contribution in [0.1, 0.15) is 30.1 Å². The van der Waals surface area contributed by atoms with E-state index in [0.717, 1.165) is 41.3 Å². The van der Waals surface area contributed by atoms with Gasteiger partial charge in [-0.3, -0.25) is 4.79 Å². The second-order valence-electron chi connectivity index (χ2n) is 5.83. The average molecular weight is 435 g/mol. The van der Waals surface area contributed by atoms with Crippen LogP contribution in [0.2, 0.25) is 0 Å². The summed E-state index contributed by atoms with van der Waals surface area (Å²) in [4.78, 5) is 17.2. The lowest BCUT2D eigenvalue weighted by atomic mass is 10.1. The minimum absolute atomic E-state index is 0. The summed E-state index contributed by atoms with van der Waals surface area (Å²) in [5.41, 5.74) is 2.82. The molecule has 0 saturated carbocycles. The maximum atomic E-state index is 12.5. The van der Waals surface area contributed by atoms with Crippen molar-refractivity contribution in [2.75, 3.05) is 12.9 Å². The van der Waals surface area contributed by atoms with E-state index in [-0.39, 0.29) is 22.8 Å². The number of Topliss-reactive ketones (excluding diaryl/α,β-unsaturated/α-hetero) is 1. The molecule has 0 N–H and O–H groups in total. The maximum absolute atomic E-state index is 12.5. The number of nitrogens with zero attached hydrogens (tertiary/aromatic N) is 2. The number of aromatic nitrogens is 2. The second kappa shape index (κ2) is 9.78. The van der Waals surface area contributed by atoms with Gasteiger partial charge in [-0.1, -0.05) is 37.2 Å². The Bertz CT molecular complexity index is 862. The largest absolute Gasteiger partial charge is 0.497 e. The lowest BCUT2D eigenvalue weighted by Gasteiger charge is -2.08. The standard InChI is InChI=1S/C20H22N2O2S.BrH/c1-3-4-13-22-18-8-6-5-7-17(18)21-20(22)25-14-19(23)15-9-11-16(24-2)12-10-15;/h5-12H,3-4,13-14H2,1-2H3;1H. The van der Waals surface area contributed by atoms with Crippen molar-refractivity contribution >= 4 is 45.6 Å². The van der Waals surface area contributed by atoms with Crippen molar-refractivity contribution in [2.24, 2.45) is 0 Å². The summed E-state index contributed by atoms with van der Waals surface area (Å²) in [6.45, 7) is 3.11. The maximum Gasteiger partial charge on any atom is 0.173 e. The smallest absolute Gasteiger partial charge is 0.173 e. The average Bonchev–Trinajstić information content (AvgIpc) is 3.02. The number of carbonyl (C=O) groups excluding carboxylic acids is 1. The summed E-state index contributed by atoms with van der Waals surface area (Å²) in [5.74, 6) is 1.23. The van der Waals surface area contributed by atoms with Crippen LogP contribution >= 0.6 is 28.7 Å². The van der Waals surface area contributed by atoms with E-state index in [1.807, 2.05) is 42.5 Å². The molecular weight excluding hydrogens is 412 g/mol. The minimum Gasteiger partial charge on any atom is -0.497 e. The Hall–Kier alpha value is -1.79. The molecule has 0 aliphatic rings. The lowest BCUT2D eigenvalue weighted by molar-refractivity contribution is 0.102. The number of para-hydroxylation sites is 2. The van der Waals surface area contributed by atoms with Gasteiger partial charge in [0.25, 0.3) is 0 Å². The van der Waals surface area contributed by atoms with Gasteiger partial charge < -0.3 is 9.30 Å². The molecule has 0 spiro atoms. The first kappa shape index (κ1) is 20.5. The number of thioether (sulfide) groups is 1. The molecule has 26 heavy (non-hydrogen) atoms. The van der Waals surface area contributed by atoms with Crippen molar-refractivity contribution in [3.63, 3.8) is 0 Å². The molecule has 3 aromatic rings. The Kier molecular flexibility index (Phi) is 7.72. The minimum atomic E-state index is 0. The summed E-state index contributed by atoms with van der Waals surface area (Å²) < 4.78 is 7.36. The molecule has 6 heteroatoms. The number of methoxy groups -OCH3 is 1. The van der Waals surface area contributed by atoms with E-state index in [1.54, 1.807) is 7.11 Å². The van der Waals surface area contributed by atoms with E-state index < -0.39 is 0 Å². The van der Waals surface area contributed by atoms with Crippen LogP contribution in [0, 0.1) is 0 Å². The number of hydrogen-bond acceptors (Lipinski definition) is 4. The molecule has 1 aromatic heterocycles. The Balaban J connectivity index is 0.00000243. The molecule has 3 rings (SSSR count). The molecule has 4 nitrogen and oxygen atoms in total. The van der Waals surface area contributed by atoms with Crippen LogP contribution in [0.5, 0.6) is 5.75 Å². The number of carbonyl (C=O) groups is 1. The predicted octanol–water partition coefficient (Wildman–Crippen LogP) is 5.40. The van der Waals surface area contributed by atoms with Gasteiger partial charge in [0.1, 0.15) is 5.75 Å². The third kappa shape index (κ3) is 4.68. The summed E-state index contributed by atoms with van der Waals surface area (Å²) in [5, 5.41) is 0.913. The Morgan fingerprint density at radius 3 is 2.58 bits per heavy atom. The molecule has 0 aliphatic heterocycles. The van der Waals surface area contributed by atoms with Gasteiger partial charge in [-0.2, -0.15) is 0 Å². The van der Waals surface area contributed by atoms with Gasteiger partial charge in [-0.15, -0.1) is 17.0 Å². The highest BCUT2D eigenvalue weighted by molar-refractivity contribution is 8.93. The summed E-state index contributed by atoms with van der Waals surface area (Å²) in [6, 6.07) is 15.4. The van der Waals surface area contributed by atoms with Crippen molar-refractivity contribution in [2.45, 2.75) is 31.5 Å². The summed E-state index contributed by atoms with van der Waals surface area (Å²) >= 11 is 1.51. The Morgan fingerprint density at radius 1 is 1.15 bits per heavy atom. The first-order valence-electron chi connectivity index (χ1n) is 8.48. The predicted molar refractivity (Wildman–Crippen MR) is 113 cm³/mol. The highest BCUT2D eigenvalue weighted by Gasteiger charge is 2.13. The van der Waals surface area contributed by atoms with E-state index in [2.05, 4.69) is 17.6 Å². The van der Waals surface area contributed by atoms with Crippen LogP contribution in [0.15, 0.2) is 53.7 Å². The van der Waals surface area contributed by atoms with Gasteiger partial charge in [-0.05, 0) is 42.8 Å². The fraction of sp³-hybridized carbons (Fsp3) is 0.300. The highest BCUT2D eigenvalue weighted by Crippen LogP contribution is 2.25. The Labute approximate surface area is 168 Å². The normalized spacial score (nSPS) is 10.5. The van der Waals surface area contributed by atoms with Crippen LogP contribution in [0.25, 0.3) is 11.0 Å². The summed E-state index contributed by atoms with van der Waals surface area (Å²) in [6.07, 6.45) is 2.22. The summed E-state index contributed by atoms with van der Waals surface area (Å²) in [7, 11) is 1.62. The highest BCUT2D eigenvalue weighted by atomic mass is 79.9. The van der Waals surface area contributed by atoms with E-state index in [1.165, 1.54) is 11.8 Å². The third-order valence-electron chi connectivity index (χ3n) is 4.10. The van der Waals surface area contributed by atoms with Crippen LogP contribution in [0.3, 0.4) is 0 Å². The van der Waals surface area contributed by atoms with E-state index >= 15 is 0 Å². The Morgan fingerprint density at radius 2 is 1.88 bits per heavy atom. The van der Waals surface area contributed by atoms with Crippen molar-refractivity contribution in [3.8, 4) is 5.75 Å². The SMILES string of the molecule is Br.CCCCn1c(SCC(=O)c2ccc(OC)cc2)nc2ccccc21. The monoisotopic (exact) mass is 434 g/mol. The molecule has 0 atom stereocenters. The number of fused-ring (bicyclic) bond motifs is 1. The molecule has 2 aromatic carbocycles. The van der Waals surface area contributed by atoms with Gasteiger partial charge in [0.2, 0.25) is 0 Å². The third-order valence-corrected chi connectivity index (χ3v) is 5.08. The molecule has 0 amide bonds. The molecule has 1 heterocycles. The molecule has 0 aliphatic carbocycles. The zero-order chi connectivity index (χ0) is 17.6. The molecule has 0 bridgehead atoms. The van der Waals surface area contributed by atoms with Crippen LogP contribution in [0.4, 0.5) is 0 Å². The van der Waals surface area contributed by atoms with Crippen LogP contribution in [-0.2, 0) is 6.54 Å².